The Hall–Kier alpha value is -0.570. The Morgan fingerprint density at radius 1 is 1.31 bits per heavy atom. The number of ether oxygens (including phenoxy) is 1. The van der Waals surface area contributed by atoms with Gasteiger partial charge in [0, 0.05) is 29.8 Å². The molecule has 1 rings (SSSR count). The summed E-state index contributed by atoms with van der Waals surface area (Å²) in [5, 5.41) is 4.17. The lowest BCUT2D eigenvalue weighted by atomic mass is 10.1. The van der Waals surface area contributed by atoms with Crippen LogP contribution < -0.4 is 5.32 Å². The highest BCUT2D eigenvalue weighted by molar-refractivity contribution is 6.31. The first kappa shape index (κ1) is 13.5. The number of halogens is 1. The van der Waals surface area contributed by atoms with Crippen molar-refractivity contribution in [3.8, 4) is 0 Å². The highest BCUT2D eigenvalue weighted by Crippen LogP contribution is 2.24. The van der Waals surface area contributed by atoms with Gasteiger partial charge in [0.2, 0.25) is 0 Å². The molecule has 0 saturated heterocycles. The molecule has 1 N–H and O–H groups in total. The maximum absolute atomic E-state index is 6.14. The second-order valence-corrected chi connectivity index (χ2v) is 5.28. The van der Waals surface area contributed by atoms with Crippen LogP contribution in [-0.2, 0) is 4.74 Å². The molecule has 0 aliphatic heterocycles. The lowest BCUT2D eigenvalue weighted by Crippen LogP contribution is -2.39. The zero-order valence-electron chi connectivity index (χ0n) is 10.4. The van der Waals surface area contributed by atoms with Crippen molar-refractivity contribution >= 4 is 11.6 Å². The summed E-state index contributed by atoms with van der Waals surface area (Å²) >= 11 is 6.14. The summed E-state index contributed by atoms with van der Waals surface area (Å²) in [4.78, 5) is 0. The van der Waals surface area contributed by atoms with Gasteiger partial charge in [-0.15, -0.1) is 0 Å². The van der Waals surface area contributed by atoms with E-state index in [2.05, 4.69) is 26.1 Å². The topological polar surface area (TPSA) is 21.3 Å². The summed E-state index contributed by atoms with van der Waals surface area (Å²) in [6, 6.07) is 7.79. The first-order chi connectivity index (χ1) is 7.44. The molecule has 0 radical (unpaired) electrons. The predicted octanol–water partition coefficient (Wildman–Crippen LogP) is 3.42. The van der Waals surface area contributed by atoms with Crippen molar-refractivity contribution in [2.24, 2.45) is 0 Å². The molecule has 16 heavy (non-hydrogen) atoms. The third kappa shape index (κ3) is 4.12. The largest absolute Gasteiger partial charge is 0.375 e. The Morgan fingerprint density at radius 3 is 2.44 bits per heavy atom. The van der Waals surface area contributed by atoms with E-state index in [1.54, 1.807) is 7.11 Å². The zero-order chi connectivity index (χ0) is 12.2. The highest BCUT2D eigenvalue weighted by atomic mass is 35.5. The molecular formula is C13H20ClNO. The minimum Gasteiger partial charge on any atom is -0.375 e. The summed E-state index contributed by atoms with van der Waals surface area (Å²) in [5.74, 6) is 0. The summed E-state index contributed by atoms with van der Waals surface area (Å²) < 4.78 is 5.47. The molecule has 0 spiro atoms. The summed E-state index contributed by atoms with van der Waals surface area (Å²) in [5.41, 5.74) is 1.11. The Balaban J connectivity index is 2.72. The van der Waals surface area contributed by atoms with Crippen LogP contribution in [-0.4, -0.2) is 19.2 Å². The molecule has 1 unspecified atom stereocenters. The molecule has 1 atom stereocenters. The van der Waals surface area contributed by atoms with Gasteiger partial charge in [-0.3, -0.25) is 0 Å². The molecule has 0 bridgehead atoms. The average Bonchev–Trinajstić information content (AvgIpc) is 2.20. The molecule has 1 aromatic carbocycles. The normalized spacial score (nSPS) is 13.8. The monoisotopic (exact) mass is 241 g/mol. The first-order valence-corrected chi connectivity index (χ1v) is 5.84. The number of benzene rings is 1. The van der Waals surface area contributed by atoms with Crippen molar-refractivity contribution in [1.29, 1.82) is 0 Å². The van der Waals surface area contributed by atoms with Crippen LogP contribution in [0.15, 0.2) is 24.3 Å². The smallest absolute Gasteiger partial charge is 0.0959 e. The van der Waals surface area contributed by atoms with Gasteiger partial charge in [-0.1, -0.05) is 29.8 Å². The van der Waals surface area contributed by atoms with Crippen LogP contribution >= 0.6 is 11.6 Å². The van der Waals surface area contributed by atoms with Gasteiger partial charge in [-0.25, -0.2) is 0 Å². The number of hydrogen-bond acceptors (Lipinski definition) is 2. The molecule has 0 aromatic heterocycles. The van der Waals surface area contributed by atoms with E-state index in [0.29, 0.717) is 0 Å². The molecule has 0 amide bonds. The number of hydrogen-bond donors (Lipinski definition) is 1. The van der Waals surface area contributed by atoms with Crippen LogP contribution in [0.2, 0.25) is 5.02 Å². The third-order valence-corrected chi connectivity index (χ3v) is 2.70. The van der Waals surface area contributed by atoms with E-state index in [-0.39, 0.29) is 11.6 Å². The maximum atomic E-state index is 6.14. The molecule has 90 valence electrons. The third-order valence-electron chi connectivity index (χ3n) is 2.35. The van der Waals surface area contributed by atoms with E-state index in [9.17, 15) is 0 Å². The standard InChI is InChI=1S/C13H20ClNO/c1-13(2,3)15-9-12(16-4)10-7-5-6-8-11(10)14/h5-8,12,15H,9H2,1-4H3. The molecule has 0 aliphatic rings. The highest BCUT2D eigenvalue weighted by Gasteiger charge is 2.17. The van der Waals surface area contributed by atoms with Gasteiger partial charge >= 0.3 is 0 Å². The zero-order valence-corrected chi connectivity index (χ0v) is 11.1. The van der Waals surface area contributed by atoms with Crippen molar-refractivity contribution in [3.05, 3.63) is 34.9 Å². The van der Waals surface area contributed by atoms with Crippen molar-refractivity contribution in [3.63, 3.8) is 0 Å². The Kier molecular flexibility index (Phi) is 4.78. The number of methoxy groups -OCH3 is 1. The van der Waals surface area contributed by atoms with E-state index < -0.39 is 0 Å². The second kappa shape index (κ2) is 5.67. The van der Waals surface area contributed by atoms with E-state index in [0.717, 1.165) is 17.1 Å². The van der Waals surface area contributed by atoms with Gasteiger partial charge in [0.25, 0.3) is 0 Å². The Labute approximate surface area is 103 Å². The predicted molar refractivity (Wildman–Crippen MR) is 69.0 cm³/mol. The molecule has 0 heterocycles. The van der Waals surface area contributed by atoms with Gasteiger partial charge in [0.15, 0.2) is 0 Å². The van der Waals surface area contributed by atoms with Gasteiger partial charge in [-0.2, -0.15) is 0 Å². The van der Waals surface area contributed by atoms with Crippen LogP contribution in [0.4, 0.5) is 0 Å². The minimum absolute atomic E-state index is 0.00655. The average molecular weight is 242 g/mol. The fraction of sp³-hybridized carbons (Fsp3) is 0.538. The molecule has 0 aliphatic carbocycles. The fourth-order valence-corrected chi connectivity index (χ4v) is 1.71. The van der Waals surface area contributed by atoms with Crippen LogP contribution in [0.25, 0.3) is 0 Å². The van der Waals surface area contributed by atoms with Gasteiger partial charge in [0.05, 0.1) is 6.10 Å². The van der Waals surface area contributed by atoms with Crippen molar-refractivity contribution in [1.82, 2.24) is 5.32 Å². The van der Waals surface area contributed by atoms with E-state index >= 15 is 0 Å². The van der Waals surface area contributed by atoms with Crippen LogP contribution in [0.3, 0.4) is 0 Å². The minimum atomic E-state index is -0.00655. The Morgan fingerprint density at radius 2 is 1.94 bits per heavy atom. The Bertz CT molecular complexity index is 333. The number of rotatable bonds is 4. The van der Waals surface area contributed by atoms with Crippen LogP contribution in [0.1, 0.15) is 32.4 Å². The van der Waals surface area contributed by atoms with E-state index in [1.165, 1.54) is 0 Å². The summed E-state index contributed by atoms with van der Waals surface area (Å²) in [6.45, 7) is 7.15. The van der Waals surface area contributed by atoms with E-state index in [1.807, 2.05) is 24.3 Å². The van der Waals surface area contributed by atoms with Crippen molar-refractivity contribution < 1.29 is 4.74 Å². The molecule has 3 heteroatoms. The summed E-state index contributed by atoms with van der Waals surface area (Å²) in [6.07, 6.45) is -0.00655. The van der Waals surface area contributed by atoms with Gasteiger partial charge in [-0.05, 0) is 26.8 Å². The van der Waals surface area contributed by atoms with Crippen LogP contribution in [0.5, 0.6) is 0 Å². The SMILES string of the molecule is COC(CNC(C)(C)C)c1ccccc1Cl. The molecule has 0 fully saturated rings. The van der Waals surface area contributed by atoms with Crippen molar-refractivity contribution in [2.75, 3.05) is 13.7 Å². The second-order valence-electron chi connectivity index (χ2n) is 4.88. The first-order valence-electron chi connectivity index (χ1n) is 5.46. The van der Waals surface area contributed by atoms with Gasteiger partial charge < -0.3 is 10.1 Å². The molecule has 0 saturated carbocycles. The maximum Gasteiger partial charge on any atom is 0.0959 e. The molecule has 1 aromatic rings. The summed E-state index contributed by atoms with van der Waals surface area (Å²) in [7, 11) is 1.71. The molecule has 2 nitrogen and oxygen atoms in total. The quantitative estimate of drug-likeness (QED) is 0.872. The van der Waals surface area contributed by atoms with Crippen LogP contribution in [0, 0.1) is 0 Å². The lowest BCUT2D eigenvalue weighted by molar-refractivity contribution is 0.0960. The molecular weight excluding hydrogens is 222 g/mol. The lowest BCUT2D eigenvalue weighted by Gasteiger charge is -2.25. The van der Waals surface area contributed by atoms with Gasteiger partial charge in [0.1, 0.15) is 0 Å². The fourth-order valence-electron chi connectivity index (χ4n) is 1.46. The van der Waals surface area contributed by atoms with E-state index in [4.69, 9.17) is 16.3 Å². The number of nitrogens with one attached hydrogen (secondary N) is 1. The van der Waals surface area contributed by atoms with Crippen molar-refractivity contribution in [2.45, 2.75) is 32.4 Å².